The number of thioether (sulfide) groups is 1. The molecule has 0 saturated heterocycles. The lowest BCUT2D eigenvalue weighted by molar-refractivity contribution is 0.562. The maximum atomic E-state index is 9.84. The van der Waals surface area contributed by atoms with Gasteiger partial charge in [-0.3, -0.25) is 0 Å². The standard InChI is InChI=1S/C16H31NOS/c1-2-3-4-5-6-7-8-9-10-11-14-19-15-12-13-17-16-18/h2-15H2,1H3. The first kappa shape index (κ1) is 18.7. The number of hydrogen-bond donors (Lipinski definition) is 0. The molecule has 0 aromatic rings. The van der Waals surface area contributed by atoms with Crippen molar-refractivity contribution in [2.75, 3.05) is 18.1 Å². The minimum Gasteiger partial charge on any atom is -0.211 e. The zero-order valence-corrected chi connectivity index (χ0v) is 13.5. The zero-order chi connectivity index (χ0) is 14.0. The average molecular weight is 285 g/mol. The van der Waals surface area contributed by atoms with Crippen LogP contribution in [0.4, 0.5) is 0 Å². The summed E-state index contributed by atoms with van der Waals surface area (Å²) in [4.78, 5) is 13.4. The van der Waals surface area contributed by atoms with Crippen LogP contribution in [0, 0.1) is 0 Å². The molecule has 0 aromatic carbocycles. The molecule has 0 aromatic heterocycles. The van der Waals surface area contributed by atoms with Gasteiger partial charge in [-0.2, -0.15) is 11.8 Å². The van der Waals surface area contributed by atoms with Crippen molar-refractivity contribution in [3.63, 3.8) is 0 Å². The summed E-state index contributed by atoms with van der Waals surface area (Å²) in [6, 6.07) is 0. The molecule has 112 valence electrons. The summed E-state index contributed by atoms with van der Waals surface area (Å²) in [5, 5.41) is 0. The van der Waals surface area contributed by atoms with E-state index in [-0.39, 0.29) is 0 Å². The lowest BCUT2D eigenvalue weighted by atomic mass is 10.1. The van der Waals surface area contributed by atoms with Crippen molar-refractivity contribution in [1.82, 2.24) is 0 Å². The predicted octanol–water partition coefficient (Wildman–Crippen LogP) is 5.37. The Hall–Kier alpha value is -0.270. The van der Waals surface area contributed by atoms with Gasteiger partial charge in [-0.25, -0.2) is 9.79 Å². The first-order chi connectivity index (χ1) is 9.41. The summed E-state index contributed by atoms with van der Waals surface area (Å²) in [7, 11) is 0. The summed E-state index contributed by atoms with van der Waals surface area (Å²) in [5.41, 5.74) is 0. The number of unbranched alkanes of at least 4 members (excludes halogenated alkanes) is 9. The molecule has 0 saturated carbocycles. The van der Waals surface area contributed by atoms with Gasteiger partial charge in [0.1, 0.15) is 0 Å². The lowest BCUT2D eigenvalue weighted by Gasteiger charge is -2.02. The van der Waals surface area contributed by atoms with E-state index in [9.17, 15) is 4.79 Å². The molecule has 0 aliphatic heterocycles. The summed E-state index contributed by atoms with van der Waals surface area (Å²) >= 11 is 1.99. The summed E-state index contributed by atoms with van der Waals surface area (Å²) in [5.74, 6) is 2.39. The smallest absolute Gasteiger partial charge is 0.211 e. The Morgan fingerprint density at radius 1 is 0.789 bits per heavy atom. The molecule has 0 aliphatic carbocycles. The van der Waals surface area contributed by atoms with Crippen molar-refractivity contribution < 1.29 is 4.79 Å². The fourth-order valence-electron chi connectivity index (χ4n) is 2.08. The number of hydrogen-bond acceptors (Lipinski definition) is 3. The van der Waals surface area contributed by atoms with Crippen LogP contribution in [0.1, 0.15) is 77.6 Å². The van der Waals surface area contributed by atoms with E-state index in [1.807, 2.05) is 11.8 Å². The molecule has 0 spiro atoms. The highest BCUT2D eigenvalue weighted by molar-refractivity contribution is 7.99. The summed E-state index contributed by atoms with van der Waals surface area (Å²) in [6.45, 7) is 2.92. The van der Waals surface area contributed by atoms with Crippen molar-refractivity contribution in [2.24, 2.45) is 4.99 Å². The Morgan fingerprint density at radius 2 is 1.32 bits per heavy atom. The Labute approximate surface area is 123 Å². The highest BCUT2D eigenvalue weighted by Crippen LogP contribution is 2.12. The van der Waals surface area contributed by atoms with E-state index in [4.69, 9.17) is 0 Å². The van der Waals surface area contributed by atoms with Gasteiger partial charge in [-0.05, 0) is 24.3 Å². The number of carbonyl (C=O) groups excluding carboxylic acids is 1. The summed E-state index contributed by atoms with van der Waals surface area (Å²) < 4.78 is 0. The van der Waals surface area contributed by atoms with Gasteiger partial charge in [0.05, 0.1) is 6.54 Å². The van der Waals surface area contributed by atoms with Gasteiger partial charge in [0.15, 0.2) is 0 Å². The molecule has 0 radical (unpaired) electrons. The average Bonchev–Trinajstić information content (AvgIpc) is 2.43. The second kappa shape index (κ2) is 17.7. The van der Waals surface area contributed by atoms with E-state index in [2.05, 4.69) is 11.9 Å². The van der Waals surface area contributed by atoms with Crippen LogP contribution < -0.4 is 0 Å². The van der Waals surface area contributed by atoms with Crippen LogP contribution >= 0.6 is 11.8 Å². The van der Waals surface area contributed by atoms with E-state index in [1.54, 1.807) is 6.08 Å². The van der Waals surface area contributed by atoms with Crippen LogP contribution in [0.2, 0.25) is 0 Å². The quantitative estimate of drug-likeness (QED) is 0.230. The van der Waals surface area contributed by atoms with Crippen LogP contribution in [0.5, 0.6) is 0 Å². The molecule has 0 N–H and O–H groups in total. The molecule has 0 amide bonds. The third-order valence-corrected chi connectivity index (χ3v) is 4.42. The molecule has 0 bridgehead atoms. The number of aliphatic imine (C=N–C) groups is 1. The van der Waals surface area contributed by atoms with Crippen molar-refractivity contribution in [2.45, 2.75) is 77.6 Å². The molecule has 0 heterocycles. The van der Waals surface area contributed by atoms with Crippen LogP contribution in [-0.2, 0) is 4.79 Å². The third-order valence-electron chi connectivity index (χ3n) is 3.27. The number of nitrogens with zero attached hydrogens (tertiary/aromatic N) is 1. The van der Waals surface area contributed by atoms with Crippen molar-refractivity contribution in [1.29, 1.82) is 0 Å². The van der Waals surface area contributed by atoms with E-state index in [0.717, 1.165) is 12.2 Å². The van der Waals surface area contributed by atoms with Crippen LogP contribution in [0.3, 0.4) is 0 Å². The minimum absolute atomic E-state index is 0.647. The molecule has 19 heavy (non-hydrogen) atoms. The number of isocyanates is 1. The van der Waals surface area contributed by atoms with Gasteiger partial charge in [0.2, 0.25) is 6.08 Å². The zero-order valence-electron chi connectivity index (χ0n) is 12.7. The highest BCUT2D eigenvalue weighted by Gasteiger charge is 1.93. The third kappa shape index (κ3) is 17.7. The van der Waals surface area contributed by atoms with Gasteiger partial charge in [-0.15, -0.1) is 0 Å². The van der Waals surface area contributed by atoms with Gasteiger partial charge in [-0.1, -0.05) is 64.7 Å². The van der Waals surface area contributed by atoms with Crippen molar-refractivity contribution in [3.8, 4) is 0 Å². The normalized spacial score (nSPS) is 10.4. The van der Waals surface area contributed by atoms with Crippen molar-refractivity contribution >= 4 is 17.8 Å². The van der Waals surface area contributed by atoms with E-state index >= 15 is 0 Å². The molecule has 0 rings (SSSR count). The molecular weight excluding hydrogens is 254 g/mol. The Balaban J connectivity index is 2.93. The fourth-order valence-corrected chi connectivity index (χ4v) is 3.03. The molecule has 3 heteroatoms. The topological polar surface area (TPSA) is 29.4 Å². The second-order valence-electron chi connectivity index (χ2n) is 5.12. The Morgan fingerprint density at radius 3 is 1.89 bits per heavy atom. The lowest BCUT2D eigenvalue weighted by Crippen LogP contribution is -1.88. The van der Waals surface area contributed by atoms with Crippen LogP contribution in [-0.4, -0.2) is 24.1 Å². The summed E-state index contributed by atoms with van der Waals surface area (Å²) in [6.07, 6.45) is 16.6. The predicted molar refractivity (Wildman–Crippen MR) is 86.8 cm³/mol. The van der Waals surface area contributed by atoms with Crippen molar-refractivity contribution in [3.05, 3.63) is 0 Å². The molecular formula is C16H31NOS. The molecule has 0 unspecified atom stereocenters. The Kier molecular flexibility index (Phi) is 17.5. The van der Waals surface area contributed by atoms with Crippen LogP contribution in [0.15, 0.2) is 4.99 Å². The maximum Gasteiger partial charge on any atom is 0.234 e. The molecule has 0 aliphatic rings. The number of rotatable bonds is 15. The van der Waals surface area contributed by atoms with E-state index in [0.29, 0.717) is 6.54 Å². The maximum absolute atomic E-state index is 9.84. The van der Waals surface area contributed by atoms with Gasteiger partial charge >= 0.3 is 0 Å². The van der Waals surface area contributed by atoms with Gasteiger partial charge in [0.25, 0.3) is 0 Å². The monoisotopic (exact) mass is 285 g/mol. The molecule has 0 fully saturated rings. The highest BCUT2D eigenvalue weighted by atomic mass is 32.2. The second-order valence-corrected chi connectivity index (χ2v) is 6.35. The van der Waals surface area contributed by atoms with E-state index in [1.165, 1.54) is 70.0 Å². The SMILES string of the molecule is CCCCCCCCCCCCSCCCN=C=O. The Bertz CT molecular complexity index is 215. The van der Waals surface area contributed by atoms with Crippen LogP contribution in [0.25, 0.3) is 0 Å². The minimum atomic E-state index is 0.647. The van der Waals surface area contributed by atoms with E-state index < -0.39 is 0 Å². The van der Waals surface area contributed by atoms with Gasteiger partial charge in [0, 0.05) is 0 Å². The first-order valence-corrected chi connectivity index (χ1v) is 9.18. The molecule has 0 atom stereocenters. The fraction of sp³-hybridized carbons (Fsp3) is 0.938. The molecule has 2 nitrogen and oxygen atoms in total. The first-order valence-electron chi connectivity index (χ1n) is 8.03. The largest absolute Gasteiger partial charge is 0.234 e. The van der Waals surface area contributed by atoms with Gasteiger partial charge < -0.3 is 0 Å².